The summed E-state index contributed by atoms with van der Waals surface area (Å²) in [5, 5.41) is 2.73. The van der Waals surface area contributed by atoms with Gasteiger partial charge in [-0.15, -0.1) is 0 Å². The van der Waals surface area contributed by atoms with Crippen LogP contribution in [0.25, 0.3) is 0 Å². The predicted molar refractivity (Wildman–Crippen MR) is 129 cm³/mol. The highest BCUT2D eigenvalue weighted by atomic mass is 31.2. The first kappa shape index (κ1) is 28.5. The second-order valence-electron chi connectivity index (χ2n) is 9.13. The van der Waals surface area contributed by atoms with E-state index >= 15 is 0 Å². The number of amides is 2. The Balaban J connectivity index is 2.76. The van der Waals surface area contributed by atoms with Crippen LogP contribution in [0, 0.1) is 0 Å². The number of carbonyl (C=O) groups is 2. The summed E-state index contributed by atoms with van der Waals surface area (Å²) < 4.78 is 29.4. The zero-order valence-electron chi connectivity index (χ0n) is 20.4. The van der Waals surface area contributed by atoms with Gasteiger partial charge in [-0.05, 0) is 56.1 Å². The number of hydrogen-bond acceptors (Lipinski definition) is 6. The van der Waals surface area contributed by atoms with E-state index in [1.807, 2.05) is 0 Å². The van der Waals surface area contributed by atoms with E-state index in [0.717, 1.165) is 5.56 Å². The fourth-order valence-electron chi connectivity index (χ4n) is 2.68. The van der Waals surface area contributed by atoms with Crippen LogP contribution >= 0.6 is 7.60 Å². The molecule has 1 rings (SSSR count). The number of benzene rings is 1. The van der Waals surface area contributed by atoms with Crippen molar-refractivity contribution in [3.8, 4) is 0 Å². The van der Waals surface area contributed by atoms with E-state index in [2.05, 4.69) is 39.2 Å². The van der Waals surface area contributed by atoms with Gasteiger partial charge in [0.25, 0.3) is 5.91 Å². The third-order valence-corrected chi connectivity index (χ3v) is 12.2. The van der Waals surface area contributed by atoms with E-state index in [1.165, 1.54) is 0 Å². The van der Waals surface area contributed by atoms with Gasteiger partial charge in [0.05, 0.1) is 19.4 Å². The quantitative estimate of drug-likeness (QED) is 0.314. The first-order valence-corrected chi connectivity index (χ1v) is 15.6. The Labute approximate surface area is 193 Å². The van der Waals surface area contributed by atoms with E-state index in [1.54, 1.807) is 38.1 Å². The lowest BCUT2D eigenvalue weighted by Crippen LogP contribution is -2.47. The summed E-state index contributed by atoms with van der Waals surface area (Å²) >= 11 is 0. The largest absolute Gasteiger partial charge is 0.417 e. The van der Waals surface area contributed by atoms with Crippen LogP contribution in [0.2, 0.25) is 18.1 Å². The van der Waals surface area contributed by atoms with Crippen molar-refractivity contribution in [2.45, 2.75) is 71.4 Å². The van der Waals surface area contributed by atoms with Crippen molar-refractivity contribution in [2.24, 2.45) is 5.73 Å². The Morgan fingerprint density at radius 2 is 1.62 bits per heavy atom. The molecule has 0 saturated heterocycles. The lowest BCUT2D eigenvalue weighted by Gasteiger charge is -2.36. The lowest BCUT2D eigenvalue weighted by molar-refractivity contribution is -0.120. The average Bonchev–Trinajstić information content (AvgIpc) is 2.66. The van der Waals surface area contributed by atoms with Crippen LogP contribution in [-0.2, 0) is 29.0 Å². The molecule has 0 unspecified atom stereocenters. The Morgan fingerprint density at radius 1 is 1.09 bits per heavy atom. The molecule has 0 aromatic heterocycles. The molecule has 0 saturated carbocycles. The molecular formula is C22H39N2O6PSi. The van der Waals surface area contributed by atoms with E-state index in [0.29, 0.717) is 18.6 Å². The van der Waals surface area contributed by atoms with Gasteiger partial charge >= 0.3 is 7.60 Å². The maximum absolute atomic E-state index is 12.7. The molecule has 182 valence electrons. The molecule has 0 radical (unpaired) electrons. The molecule has 1 aromatic rings. The van der Waals surface area contributed by atoms with Crippen molar-refractivity contribution < 1.29 is 27.6 Å². The van der Waals surface area contributed by atoms with Gasteiger partial charge in [-0.1, -0.05) is 32.9 Å². The molecule has 0 aliphatic rings. The summed E-state index contributed by atoms with van der Waals surface area (Å²) in [6, 6.07) is 5.77. The molecule has 32 heavy (non-hydrogen) atoms. The molecule has 0 heterocycles. The first-order valence-electron chi connectivity index (χ1n) is 11.0. The van der Waals surface area contributed by atoms with Crippen LogP contribution in [0.15, 0.2) is 24.3 Å². The summed E-state index contributed by atoms with van der Waals surface area (Å²) in [7, 11) is -5.18. The SMILES string of the molecule is CCOP(=O)(Cc1ccc(C(=O)N[C@@H](CCO[Si](C)(C)C(C)(C)C)C(N)=O)cc1)OCC. The van der Waals surface area contributed by atoms with Gasteiger partial charge in [0.15, 0.2) is 8.32 Å². The Kier molecular flexibility index (Phi) is 10.8. The van der Waals surface area contributed by atoms with Crippen LogP contribution in [0.4, 0.5) is 0 Å². The van der Waals surface area contributed by atoms with Crippen molar-refractivity contribution >= 4 is 27.7 Å². The van der Waals surface area contributed by atoms with E-state index in [4.69, 9.17) is 19.2 Å². The molecule has 0 spiro atoms. The topological polar surface area (TPSA) is 117 Å². The number of nitrogens with two attached hydrogens (primary N) is 1. The van der Waals surface area contributed by atoms with E-state index in [-0.39, 0.29) is 24.4 Å². The molecule has 2 amide bonds. The molecule has 1 atom stereocenters. The van der Waals surface area contributed by atoms with Crippen LogP contribution in [0.1, 0.15) is 57.0 Å². The van der Waals surface area contributed by atoms with E-state index in [9.17, 15) is 14.2 Å². The number of primary amides is 1. The minimum absolute atomic E-state index is 0.0501. The monoisotopic (exact) mass is 486 g/mol. The highest BCUT2D eigenvalue weighted by molar-refractivity contribution is 7.53. The van der Waals surface area contributed by atoms with Crippen molar-refractivity contribution in [3.63, 3.8) is 0 Å². The van der Waals surface area contributed by atoms with Gasteiger partial charge in [-0.2, -0.15) is 0 Å². The summed E-state index contributed by atoms with van der Waals surface area (Å²) in [6.07, 6.45) is 0.419. The van der Waals surface area contributed by atoms with Crippen molar-refractivity contribution in [3.05, 3.63) is 35.4 Å². The Hall–Kier alpha value is -1.51. The molecule has 10 heteroatoms. The van der Waals surface area contributed by atoms with E-state index < -0.39 is 33.8 Å². The van der Waals surface area contributed by atoms with Crippen LogP contribution in [0.5, 0.6) is 0 Å². The smallest absolute Gasteiger partial charge is 0.335 e. The van der Waals surface area contributed by atoms with Crippen LogP contribution in [-0.4, -0.2) is 46.0 Å². The molecule has 8 nitrogen and oxygen atoms in total. The summed E-state index contributed by atoms with van der Waals surface area (Å²) in [5.74, 6) is -1.02. The van der Waals surface area contributed by atoms with Crippen LogP contribution < -0.4 is 11.1 Å². The highest BCUT2D eigenvalue weighted by Crippen LogP contribution is 2.51. The standard InChI is InChI=1S/C22H39N2O6PSi/c1-8-28-31(27,29-9-2)16-17-10-12-18(13-11-17)21(26)24-19(20(23)25)14-15-30-32(6,7)22(3,4)5/h10-13,19H,8-9,14-16H2,1-7H3,(H2,23,25)(H,24,26)/t19-/m0/s1. The predicted octanol–water partition coefficient (Wildman–Crippen LogP) is 4.45. The maximum atomic E-state index is 12.7. The van der Waals surface area contributed by atoms with Crippen LogP contribution in [0.3, 0.4) is 0 Å². The summed E-state index contributed by atoms with van der Waals surface area (Å²) in [4.78, 5) is 24.5. The normalized spacial score (nSPS) is 13.6. The van der Waals surface area contributed by atoms with Crippen molar-refractivity contribution in [1.29, 1.82) is 0 Å². The number of hydrogen-bond donors (Lipinski definition) is 2. The zero-order chi connectivity index (χ0) is 24.6. The average molecular weight is 487 g/mol. The van der Waals surface area contributed by atoms with Gasteiger partial charge in [0.1, 0.15) is 6.04 Å². The highest BCUT2D eigenvalue weighted by Gasteiger charge is 2.37. The summed E-state index contributed by atoms with van der Waals surface area (Å²) in [6.45, 7) is 15.1. The van der Waals surface area contributed by atoms with Crippen molar-refractivity contribution in [2.75, 3.05) is 19.8 Å². The molecular weight excluding hydrogens is 447 g/mol. The number of nitrogens with one attached hydrogen (secondary N) is 1. The lowest BCUT2D eigenvalue weighted by atomic mass is 10.1. The third-order valence-electron chi connectivity index (χ3n) is 5.57. The number of carbonyl (C=O) groups excluding carboxylic acids is 2. The fraction of sp³-hybridized carbons (Fsp3) is 0.636. The molecule has 0 fully saturated rings. The molecule has 0 aliphatic heterocycles. The van der Waals surface area contributed by atoms with Gasteiger partial charge < -0.3 is 24.5 Å². The first-order chi connectivity index (χ1) is 14.7. The second-order valence-corrected chi connectivity index (χ2v) is 16.0. The minimum atomic E-state index is -3.23. The fourth-order valence-corrected chi connectivity index (χ4v) is 5.45. The van der Waals surface area contributed by atoms with Crippen molar-refractivity contribution in [1.82, 2.24) is 5.32 Å². The molecule has 3 N–H and O–H groups in total. The van der Waals surface area contributed by atoms with Gasteiger partial charge in [0.2, 0.25) is 5.91 Å². The maximum Gasteiger partial charge on any atom is 0.335 e. The zero-order valence-corrected chi connectivity index (χ0v) is 22.3. The minimum Gasteiger partial charge on any atom is -0.417 e. The van der Waals surface area contributed by atoms with Gasteiger partial charge in [-0.25, -0.2) is 0 Å². The van der Waals surface area contributed by atoms with Gasteiger partial charge in [-0.3, -0.25) is 14.2 Å². The number of rotatable bonds is 13. The molecule has 1 aromatic carbocycles. The third kappa shape index (κ3) is 8.79. The second kappa shape index (κ2) is 12.1. The summed E-state index contributed by atoms with van der Waals surface area (Å²) in [5.41, 5.74) is 6.58. The Bertz CT molecular complexity index is 798. The Morgan fingerprint density at radius 3 is 2.06 bits per heavy atom. The molecule has 0 aliphatic carbocycles. The molecule has 0 bridgehead atoms. The van der Waals surface area contributed by atoms with Gasteiger partial charge in [0, 0.05) is 12.2 Å².